The molecule has 24 heavy (non-hydrogen) atoms. The van der Waals surface area contributed by atoms with E-state index in [1.54, 1.807) is 11.8 Å². The number of sulfonamides is 1. The Balaban J connectivity index is 1.96. The van der Waals surface area contributed by atoms with E-state index in [1.165, 1.54) is 18.2 Å². The van der Waals surface area contributed by atoms with Crippen molar-refractivity contribution in [2.75, 3.05) is 19.6 Å². The Morgan fingerprint density at radius 2 is 2.08 bits per heavy atom. The third-order valence-electron chi connectivity index (χ3n) is 4.80. The van der Waals surface area contributed by atoms with E-state index in [0.29, 0.717) is 13.1 Å². The normalized spacial score (nSPS) is 25.2. The fourth-order valence-corrected chi connectivity index (χ4v) is 5.09. The number of carbonyl (C=O) groups excluding carboxylic acids is 2. The maximum absolute atomic E-state index is 12.8. The minimum atomic E-state index is -3.86. The van der Waals surface area contributed by atoms with Crippen molar-refractivity contribution in [2.45, 2.75) is 31.2 Å². The Bertz CT molecular complexity index is 806. The first kappa shape index (κ1) is 16.9. The molecular formula is C16H21N3O4S. The number of hydrogen-bond acceptors (Lipinski definition) is 5. The summed E-state index contributed by atoms with van der Waals surface area (Å²) >= 11 is 0. The van der Waals surface area contributed by atoms with Crippen LogP contribution in [0.5, 0.6) is 0 Å². The zero-order valence-corrected chi connectivity index (χ0v) is 14.5. The molecule has 2 heterocycles. The number of hydrogen-bond donors (Lipinski definition) is 1. The predicted molar refractivity (Wildman–Crippen MR) is 88.0 cm³/mol. The summed E-state index contributed by atoms with van der Waals surface area (Å²) in [4.78, 5) is 26.5. The maximum Gasteiger partial charge on any atom is 0.268 e. The van der Waals surface area contributed by atoms with Crippen LogP contribution in [0.15, 0.2) is 23.1 Å². The van der Waals surface area contributed by atoms with Crippen LogP contribution in [-0.4, -0.2) is 55.1 Å². The molecule has 2 atom stereocenters. The second kappa shape index (κ2) is 5.86. The third-order valence-corrected chi connectivity index (χ3v) is 6.69. The summed E-state index contributed by atoms with van der Waals surface area (Å²) in [7, 11) is -3.86. The van der Waals surface area contributed by atoms with E-state index in [2.05, 4.69) is 0 Å². The predicted octanol–water partition coefficient (Wildman–Crippen LogP) is 0.660. The van der Waals surface area contributed by atoms with Crippen molar-refractivity contribution < 1.29 is 18.0 Å². The molecule has 2 amide bonds. The molecule has 0 aromatic heterocycles. The largest absolute Gasteiger partial charge is 0.336 e. The number of fused-ring (bicyclic) bond motifs is 1. The van der Waals surface area contributed by atoms with Gasteiger partial charge in [0.05, 0.1) is 5.56 Å². The van der Waals surface area contributed by atoms with Crippen LogP contribution in [0.25, 0.3) is 0 Å². The number of nitrogens with two attached hydrogens (primary N) is 1. The van der Waals surface area contributed by atoms with Crippen molar-refractivity contribution in [3.05, 3.63) is 29.3 Å². The van der Waals surface area contributed by atoms with Gasteiger partial charge in [-0.3, -0.25) is 9.59 Å². The van der Waals surface area contributed by atoms with Crippen LogP contribution >= 0.6 is 0 Å². The molecule has 1 aromatic carbocycles. The van der Waals surface area contributed by atoms with Gasteiger partial charge in [0.2, 0.25) is 0 Å². The summed E-state index contributed by atoms with van der Waals surface area (Å²) in [6.07, 6.45) is 0.841. The standard InChI is InChI=1S/C16H21N3O4S/c1-3-19-16(21)13-5-4-12(7-14(13)24(19,22)23)15(20)18-9-11(8-17)6-10(18)2/h4-5,7,10-11H,3,6,8-9,17H2,1-2H3. The van der Waals surface area contributed by atoms with Crippen LogP contribution in [0.3, 0.4) is 0 Å². The van der Waals surface area contributed by atoms with Crippen LogP contribution in [0.4, 0.5) is 0 Å². The summed E-state index contributed by atoms with van der Waals surface area (Å²) in [5.41, 5.74) is 6.10. The van der Waals surface area contributed by atoms with Gasteiger partial charge in [-0.25, -0.2) is 12.7 Å². The molecule has 2 N–H and O–H groups in total. The molecule has 0 aliphatic carbocycles. The van der Waals surface area contributed by atoms with Gasteiger partial charge >= 0.3 is 0 Å². The summed E-state index contributed by atoms with van der Waals surface area (Å²) in [6, 6.07) is 4.34. The number of carbonyl (C=O) groups is 2. The molecule has 130 valence electrons. The van der Waals surface area contributed by atoms with Gasteiger partial charge in [-0.05, 0) is 50.9 Å². The third kappa shape index (κ3) is 2.41. The lowest BCUT2D eigenvalue weighted by atomic mass is 10.1. The molecule has 0 radical (unpaired) electrons. The van der Waals surface area contributed by atoms with Gasteiger partial charge in [-0.15, -0.1) is 0 Å². The highest BCUT2D eigenvalue weighted by Gasteiger charge is 2.41. The first-order valence-corrected chi connectivity index (χ1v) is 9.47. The molecule has 2 aliphatic heterocycles. The second-order valence-corrected chi connectivity index (χ2v) is 8.16. The average Bonchev–Trinajstić information content (AvgIpc) is 3.02. The fraction of sp³-hybridized carbons (Fsp3) is 0.500. The smallest absolute Gasteiger partial charge is 0.268 e. The molecule has 2 aliphatic rings. The highest BCUT2D eigenvalue weighted by Crippen LogP contribution is 2.32. The Labute approximate surface area is 141 Å². The first-order chi connectivity index (χ1) is 11.3. The number of likely N-dealkylation sites (tertiary alicyclic amines) is 1. The zero-order chi connectivity index (χ0) is 17.6. The van der Waals surface area contributed by atoms with Crippen LogP contribution in [0, 0.1) is 5.92 Å². The van der Waals surface area contributed by atoms with Crippen LogP contribution in [0.2, 0.25) is 0 Å². The lowest BCUT2D eigenvalue weighted by Crippen LogP contribution is -2.34. The SMILES string of the molecule is CCN1C(=O)c2ccc(C(=O)N3CC(CN)CC3C)cc2S1(=O)=O. The number of amides is 2. The summed E-state index contributed by atoms with van der Waals surface area (Å²) < 4.78 is 25.7. The van der Waals surface area contributed by atoms with Crippen molar-refractivity contribution in [3.8, 4) is 0 Å². The van der Waals surface area contributed by atoms with Crippen molar-refractivity contribution >= 4 is 21.8 Å². The minimum absolute atomic E-state index is 0.0599. The molecule has 8 heteroatoms. The average molecular weight is 351 g/mol. The summed E-state index contributed by atoms with van der Waals surface area (Å²) in [5, 5.41) is 0. The maximum atomic E-state index is 12.8. The summed E-state index contributed by atoms with van der Waals surface area (Å²) in [6.45, 7) is 4.72. The van der Waals surface area contributed by atoms with E-state index >= 15 is 0 Å². The van der Waals surface area contributed by atoms with Gasteiger partial charge in [-0.1, -0.05) is 0 Å². The molecule has 0 spiro atoms. The van der Waals surface area contributed by atoms with E-state index in [-0.39, 0.29) is 40.4 Å². The van der Waals surface area contributed by atoms with Gasteiger partial charge in [0.1, 0.15) is 4.90 Å². The zero-order valence-electron chi connectivity index (χ0n) is 13.7. The Kier molecular flexibility index (Phi) is 4.13. The van der Waals surface area contributed by atoms with Gasteiger partial charge in [0, 0.05) is 24.7 Å². The van der Waals surface area contributed by atoms with Crippen molar-refractivity contribution in [2.24, 2.45) is 11.7 Å². The van der Waals surface area contributed by atoms with Crippen molar-refractivity contribution in [1.82, 2.24) is 9.21 Å². The lowest BCUT2D eigenvalue weighted by Gasteiger charge is -2.21. The van der Waals surface area contributed by atoms with Gasteiger partial charge in [0.25, 0.3) is 21.8 Å². The lowest BCUT2D eigenvalue weighted by molar-refractivity contribution is 0.0742. The quantitative estimate of drug-likeness (QED) is 0.862. The summed E-state index contributed by atoms with van der Waals surface area (Å²) in [5.74, 6) is -0.498. The molecule has 2 unspecified atom stereocenters. The second-order valence-electron chi connectivity index (χ2n) is 6.33. The van der Waals surface area contributed by atoms with E-state index in [0.717, 1.165) is 10.7 Å². The van der Waals surface area contributed by atoms with E-state index < -0.39 is 15.9 Å². The number of benzene rings is 1. The van der Waals surface area contributed by atoms with Crippen molar-refractivity contribution in [3.63, 3.8) is 0 Å². The van der Waals surface area contributed by atoms with E-state index in [1.807, 2.05) is 6.92 Å². The van der Waals surface area contributed by atoms with Crippen LogP contribution in [-0.2, 0) is 10.0 Å². The molecular weight excluding hydrogens is 330 g/mol. The van der Waals surface area contributed by atoms with Gasteiger partial charge < -0.3 is 10.6 Å². The molecule has 0 saturated carbocycles. The van der Waals surface area contributed by atoms with Crippen molar-refractivity contribution in [1.29, 1.82) is 0 Å². The fourth-order valence-electron chi connectivity index (χ4n) is 3.48. The van der Waals surface area contributed by atoms with E-state index in [9.17, 15) is 18.0 Å². The topological polar surface area (TPSA) is 101 Å². The Morgan fingerprint density at radius 3 is 2.67 bits per heavy atom. The van der Waals surface area contributed by atoms with Gasteiger partial charge in [-0.2, -0.15) is 0 Å². The monoisotopic (exact) mass is 351 g/mol. The Hall–Kier alpha value is -1.93. The molecule has 1 fully saturated rings. The molecule has 3 rings (SSSR count). The van der Waals surface area contributed by atoms with Gasteiger partial charge in [0.15, 0.2) is 0 Å². The molecule has 1 saturated heterocycles. The Morgan fingerprint density at radius 1 is 1.38 bits per heavy atom. The highest BCUT2D eigenvalue weighted by molar-refractivity contribution is 7.90. The van der Waals surface area contributed by atoms with E-state index in [4.69, 9.17) is 5.73 Å². The van der Waals surface area contributed by atoms with Crippen LogP contribution in [0.1, 0.15) is 41.0 Å². The molecule has 7 nitrogen and oxygen atoms in total. The minimum Gasteiger partial charge on any atom is -0.336 e. The molecule has 0 bridgehead atoms. The first-order valence-electron chi connectivity index (χ1n) is 8.03. The number of nitrogens with zero attached hydrogens (tertiary/aromatic N) is 2. The number of rotatable bonds is 3. The molecule has 1 aromatic rings. The van der Waals surface area contributed by atoms with Crippen LogP contribution < -0.4 is 5.73 Å². The highest BCUT2D eigenvalue weighted by atomic mass is 32.2.